The third kappa shape index (κ3) is 205. The van der Waals surface area contributed by atoms with Gasteiger partial charge in [-0.2, -0.15) is 0 Å². The van der Waals surface area contributed by atoms with Gasteiger partial charge in [0.15, 0.2) is 0 Å². The van der Waals surface area contributed by atoms with E-state index in [4.69, 9.17) is 23.9 Å². The average Bonchev–Trinajstić information content (AvgIpc) is 1.39. The normalized spacial score (nSPS) is 5.00. The molecule has 0 amide bonds. The van der Waals surface area contributed by atoms with Crippen LogP contribution < -0.4 is 0 Å². The van der Waals surface area contributed by atoms with Gasteiger partial charge in [-0.15, -0.1) is 0 Å². The molecule has 0 aliphatic carbocycles. The predicted molar refractivity (Wildman–Crippen MR) is 35.0 cm³/mol. The monoisotopic (exact) mass is 343 g/mol. The molecule has 0 unspecified atom stereocenters. The average molecular weight is 344 g/mol. The van der Waals surface area contributed by atoms with Crippen molar-refractivity contribution in [3.05, 3.63) is 12.3 Å². The van der Waals surface area contributed by atoms with Gasteiger partial charge in [-0.25, -0.2) is 0 Å². The van der Waals surface area contributed by atoms with E-state index >= 15 is 0 Å². The molecule has 6 heteroatoms. The van der Waals surface area contributed by atoms with Crippen molar-refractivity contribution in [2.24, 2.45) is 0 Å². The van der Waals surface area contributed by atoms with Crippen LogP contribution in [0.3, 0.4) is 0 Å². The van der Waals surface area contributed by atoms with Crippen LogP contribution in [0.5, 0.6) is 0 Å². The van der Waals surface area contributed by atoms with Crippen LogP contribution in [0.2, 0.25) is 0 Å². The summed E-state index contributed by atoms with van der Waals surface area (Å²) in [6.07, 6.45) is 0. The molecule has 0 aromatic rings. The van der Waals surface area contributed by atoms with Gasteiger partial charge in [0, 0.05) is 6.61 Å². The Balaban J connectivity index is -0.0000000160. The third-order valence-electron chi connectivity index (χ3n) is 0. The number of nitrogens with two attached hydrogens (primary N) is 2. The Morgan fingerprint density at radius 2 is 1.38 bits per heavy atom. The zero-order valence-corrected chi connectivity index (χ0v) is 8.17. The van der Waals surface area contributed by atoms with E-state index in [1.807, 2.05) is 0 Å². The van der Waals surface area contributed by atoms with Gasteiger partial charge in [0.05, 0.1) is 0 Å². The van der Waals surface area contributed by atoms with Crippen molar-refractivity contribution >= 4 is 18.8 Å². The van der Waals surface area contributed by atoms with Gasteiger partial charge in [-0.3, -0.25) is 0 Å². The van der Waals surface area contributed by atoms with E-state index in [0.29, 0.717) is 0 Å². The number of hydrogen-bond donors (Lipinski definition) is 1. The number of halogens is 2. The molecule has 0 spiro atoms. The van der Waals surface area contributed by atoms with E-state index in [-0.39, 0.29) is 18.9 Å². The largest absolute Gasteiger partial charge is 0.693 e. The second-order valence-electron chi connectivity index (χ2n) is 0.361. The van der Waals surface area contributed by atoms with Gasteiger partial charge in [0.25, 0.3) is 0 Å². The fourth-order valence-electron chi connectivity index (χ4n) is 0. The molecule has 3 nitrogen and oxygen atoms in total. The van der Waals surface area contributed by atoms with Crippen molar-refractivity contribution in [2.45, 2.75) is 6.92 Å². The Morgan fingerprint density at radius 3 is 1.38 bits per heavy atom. The van der Waals surface area contributed by atoms with Crippen LogP contribution in [-0.2, 0) is 16.5 Å². The van der Waals surface area contributed by atoms with Gasteiger partial charge >= 0.3 is 35.3 Å². The van der Waals surface area contributed by atoms with Crippen molar-refractivity contribution in [3.63, 3.8) is 0 Å². The molecule has 0 saturated carbocycles. The maximum absolute atomic E-state index is 7.57. The first-order chi connectivity index (χ1) is 2.83. The first-order valence-corrected chi connectivity index (χ1v) is 6.89. The standard InChI is InChI=1S/C2H6O.2ClH.2H2N.Pt/c1-2-3;;;;;/h3H,2H2,1H3;2*1H;2*1H2;/q;;;2*-1;+4/p-2. The molecule has 0 saturated heterocycles. The zero-order valence-electron chi connectivity index (χ0n) is 4.38. The fourth-order valence-corrected chi connectivity index (χ4v) is 0. The van der Waals surface area contributed by atoms with Crippen LogP contribution in [0.1, 0.15) is 6.92 Å². The maximum atomic E-state index is 7.57. The predicted octanol–water partition coefficient (Wildman–Crippen LogP) is 2.81. The smallest absolute Gasteiger partial charge is 0.693 e. The zero-order chi connectivity index (χ0) is 5.41. The summed E-state index contributed by atoms with van der Waals surface area (Å²) in [7, 11) is 9.75. The minimum Gasteiger partial charge on any atom is -0.693 e. The van der Waals surface area contributed by atoms with Crippen LogP contribution in [0.4, 0.5) is 0 Å². The van der Waals surface area contributed by atoms with E-state index in [1.54, 1.807) is 6.92 Å². The van der Waals surface area contributed by atoms with E-state index < -0.39 is 16.5 Å². The summed E-state index contributed by atoms with van der Waals surface area (Å²) < 4.78 is 0. The van der Waals surface area contributed by atoms with Crippen molar-refractivity contribution in [1.29, 1.82) is 0 Å². The van der Waals surface area contributed by atoms with Gasteiger partial charge in [0.1, 0.15) is 0 Å². The minimum absolute atomic E-state index is 0. The van der Waals surface area contributed by atoms with E-state index in [1.165, 1.54) is 0 Å². The van der Waals surface area contributed by atoms with Crippen LogP contribution in [0.25, 0.3) is 12.3 Å². The van der Waals surface area contributed by atoms with E-state index in [0.717, 1.165) is 0 Å². The molecule has 0 aliphatic heterocycles. The van der Waals surface area contributed by atoms with Gasteiger partial charge in [0.2, 0.25) is 0 Å². The van der Waals surface area contributed by atoms with Crippen LogP contribution >= 0.6 is 18.8 Å². The van der Waals surface area contributed by atoms with Crippen molar-refractivity contribution in [1.82, 2.24) is 0 Å². The maximum Gasteiger partial charge on any atom is -0.693 e. The molecule has 5 N–H and O–H groups in total. The Morgan fingerprint density at radius 1 is 1.38 bits per heavy atom. The second-order valence-corrected chi connectivity index (χ2v) is 3.64. The van der Waals surface area contributed by atoms with Crippen molar-refractivity contribution < 1.29 is 21.6 Å². The quantitative estimate of drug-likeness (QED) is 0.720. The number of rotatable bonds is 0. The van der Waals surface area contributed by atoms with E-state index in [9.17, 15) is 0 Å². The van der Waals surface area contributed by atoms with Crippen molar-refractivity contribution in [3.8, 4) is 0 Å². The molecule has 8 heavy (non-hydrogen) atoms. The molecule has 0 fully saturated rings. The summed E-state index contributed by atoms with van der Waals surface area (Å²) in [4.78, 5) is 0. The van der Waals surface area contributed by atoms with Gasteiger partial charge in [-0.05, 0) is 6.92 Å². The summed E-state index contributed by atoms with van der Waals surface area (Å²) in [6, 6.07) is 0. The summed E-state index contributed by atoms with van der Waals surface area (Å²) in [5.74, 6) is 0. The number of hydrogen-bond acceptors (Lipinski definition) is 1. The molecule has 58 valence electrons. The second kappa shape index (κ2) is 42.0. The van der Waals surface area contributed by atoms with Gasteiger partial charge < -0.3 is 17.4 Å². The fraction of sp³-hybridized carbons (Fsp3) is 1.00. The Bertz CT molecular complexity index is 20.0. The Labute approximate surface area is 66.3 Å². The van der Waals surface area contributed by atoms with Crippen LogP contribution in [-0.4, -0.2) is 11.7 Å². The summed E-state index contributed by atoms with van der Waals surface area (Å²) in [5, 5.41) is 7.57. The summed E-state index contributed by atoms with van der Waals surface area (Å²) >= 11 is -0.472. The molecule has 0 aromatic heterocycles. The van der Waals surface area contributed by atoms with E-state index in [2.05, 4.69) is 0 Å². The molecule has 0 aromatic carbocycles. The summed E-state index contributed by atoms with van der Waals surface area (Å²) in [6.45, 7) is 1.93. The number of aliphatic hydroxyl groups excluding tert-OH is 1. The first kappa shape index (κ1) is 22.9. The minimum atomic E-state index is -0.472. The first-order valence-electron chi connectivity index (χ1n) is 1.26. The topological polar surface area (TPSA) is 87.2 Å². The molecule has 0 atom stereocenters. The Hall–Kier alpha value is 1.15. The molecule has 0 aliphatic rings. The summed E-state index contributed by atoms with van der Waals surface area (Å²) in [5.41, 5.74) is 0. The molecule has 0 radical (unpaired) electrons. The number of aliphatic hydroxyl groups is 1. The van der Waals surface area contributed by atoms with Crippen molar-refractivity contribution in [2.75, 3.05) is 6.61 Å². The molecular weight excluding hydrogens is 334 g/mol. The molecule has 0 bridgehead atoms. The Kier molecular flexibility index (Phi) is 120. The van der Waals surface area contributed by atoms with Crippen LogP contribution in [0.15, 0.2) is 0 Å². The van der Waals surface area contributed by atoms with Crippen LogP contribution in [0, 0.1) is 0 Å². The third-order valence-corrected chi connectivity index (χ3v) is 0. The molecular formula is C2H10Cl2N2OPt. The molecule has 0 heterocycles. The SMILES string of the molecule is CCO.[Cl][Pt+2][Cl].[NH2-].[NH2-]. The molecule has 0 rings (SSSR count). The van der Waals surface area contributed by atoms with Gasteiger partial charge in [-0.1, -0.05) is 0 Å².